The molecule has 2 aliphatic rings. The number of carbonyl (C=O) groups excluding carboxylic acids is 1. The zero-order valence-electron chi connectivity index (χ0n) is 19.3. The van der Waals surface area contributed by atoms with E-state index < -0.39 is 35.1 Å². The van der Waals surface area contributed by atoms with Crippen LogP contribution in [0.3, 0.4) is 0 Å². The Kier molecular flexibility index (Phi) is 6.10. The molecule has 2 fully saturated rings. The summed E-state index contributed by atoms with van der Waals surface area (Å²) in [4.78, 5) is 30.0. The van der Waals surface area contributed by atoms with Crippen LogP contribution in [-0.4, -0.2) is 28.0 Å². The first-order valence-corrected chi connectivity index (χ1v) is 11.9. The number of benzene rings is 2. The van der Waals surface area contributed by atoms with Crippen LogP contribution < -0.4 is 10.1 Å². The SMILES string of the molecule is O=C(NC(C(=O)O)C12CCC(CC1)C2)c1ccc2cccnc2c1OCc1ccc(C(F)(F)F)cc1. The van der Waals surface area contributed by atoms with Crippen molar-refractivity contribution in [1.82, 2.24) is 10.3 Å². The fourth-order valence-electron chi connectivity index (χ4n) is 5.72. The van der Waals surface area contributed by atoms with Gasteiger partial charge >= 0.3 is 12.1 Å². The van der Waals surface area contributed by atoms with Crippen molar-refractivity contribution in [3.63, 3.8) is 0 Å². The number of rotatable bonds is 7. The number of nitrogens with one attached hydrogen (secondary N) is 1. The van der Waals surface area contributed by atoms with Crippen molar-refractivity contribution in [2.75, 3.05) is 0 Å². The van der Waals surface area contributed by atoms with Crippen LogP contribution in [0.15, 0.2) is 54.7 Å². The number of carbonyl (C=O) groups is 2. The van der Waals surface area contributed by atoms with Crippen molar-refractivity contribution in [1.29, 1.82) is 0 Å². The van der Waals surface area contributed by atoms with Crippen molar-refractivity contribution >= 4 is 22.8 Å². The summed E-state index contributed by atoms with van der Waals surface area (Å²) in [6.45, 7) is -0.0952. The Morgan fingerprint density at radius 2 is 1.83 bits per heavy atom. The van der Waals surface area contributed by atoms with Crippen molar-refractivity contribution in [3.8, 4) is 5.75 Å². The van der Waals surface area contributed by atoms with Gasteiger partial charge in [0.2, 0.25) is 0 Å². The molecule has 3 aromatic rings. The topological polar surface area (TPSA) is 88.5 Å². The molecule has 5 rings (SSSR count). The third-order valence-electron chi connectivity index (χ3n) is 7.57. The minimum Gasteiger partial charge on any atom is -0.486 e. The highest BCUT2D eigenvalue weighted by Gasteiger charge is 2.53. The van der Waals surface area contributed by atoms with Gasteiger partial charge in [0.1, 0.15) is 18.2 Å². The predicted octanol–water partition coefficient (Wildman–Crippen LogP) is 5.60. The summed E-state index contributed by atoms with van der Waals surface area (Å²) in [5.74, 6) is -0.974. The van der Waals surface area contributed by atoms with Crippen molar-refractivity contribution in [2.45, 2.75) is 50.9 Å². The molecule has 36 heavy (non-hydrogen) atoms. The van der Waals surface area contributed by atoms with E-state index in [2.05, 4.69) is 10.3 Å². The average Bonchev–Trinajstić information content (AvgIpc) is 3.47. The van der Waals surface area contributed by atoms with Crippen LogP contribution in [0.2, 0.25) is 0 Å². The van der Waals surface area contributed by atoms with Gasteiger partial charge in [0.15, 0.2) is 5.75 Å². The first kappa shape index (κ1) is 24.1. The molecule has 0 aliphatic heterocycles. The maximum Gasteiger partial charge on any atom is 0.416 e. The molecule has 1 unspecified atom stereocenters. The molecule has 1 amide bonds. The van der Waals surface area contributed by atoms with Crippen LogP contribution in [0.25, 0.3) is 10.9 Å². The molecular formula is C27H25F3N2O4. The van der Waals surface area contributed by atoms with Crippen LogP contribution in [0.5, 0.6) is 5.75 Å². The second-order valence-electron chi connectivity index (χ2n) is 9.76. The summed E-state index contributed by atoms with van der Waals surface area (Å²) in [6.07, 6.45) is 1.38. The summed E-state index contributed by atoms with van der Waals surface area (Å²) >= 11 is 0. The average molecular weight is 499 g/mol. The van der Waals surface area contributed by atoms with Gasteiger partial charge in [0.05, 0.1) is 11.1 Å². The third kappa shape index (κ3) is 4.50. The number of hydrogen-bond acceptors (Lipinski definition) is 4. The van der Waals surface area contributed by atoms with E-state index in [-0.39, 0.29) is 17.9 Å². The Balaban J connectivity index is 1.43. The van der Waals surface area contributed by atoms with E-state index in [1.165, 1.54) is 12.1 Å². The molecule has 1 heterocycles. The maximum atomic E-state index is 13.4. The van der Waals surface area contributed by atoms with E-state index in [0.29, 0.717) is 22.4 Å². The number of nitrogens with zero attached hydrogens (tertiary/aromatic N) is 1. The highest BCUT2D eigenvalue weighted by molar-refractivity contribution is 6.04. The second kappa shape index (κ2) is 9.11. The minimum atomic E-state index is -4.44. The lowest BCUT2D eigenvalue weighted by Gasteiger charge is -2.33. The molecule has 0 saturated heterocycles. The number of pyridine rings is 1. The molecule has 9 heteroatoms. The van der Waals surface area contributed by atoms with E-state index in [0.717, 1.165) is 44.2 Å². The molecule has 1 atom stereocenters. The van der Waals surface area contributed by atoms with Gasteiger partial charge in [-0.2, -0.15) is 13.2 Å². The standard InChI is InChI=1S/C27H25F3N2O4/c28-27(29,30)19-6-3-17(4-7-19)15-36-22-20(8-5-18-2-1-13-31-21(18)22)24(33)32-23(25(34)35)26-11-9-16(14-26)10-12-26/h1-8,13,16,23H,9-12,14-15H2,(H,32,33)(H,34,35). The van der Waals surface area contributed by atoms with Crippen molar-refractivity contribution < 1.29 is 32.6 Å². The minimum absolute atomic E-state index is 0.0952. The smallest absolute Gasteiger partial charge is 0.416 e. The molecule has 6 nitrogen and oxygen atoms in total. The van der Waals surface area contributed by atoms with E-state index >= 15 is 0 Å². The zero-order valence-corrected chi connectivity index (χ0v) is 19.3. The molecule has 188 valence electrons. The number of ether oxygens (including phenoxy) is 1. The number of hydrogen-bond donors (Lipinski definition) is 2. The van der Waals surface area contributed by atoms with Gasteiger partial charge in [-0.3, -0.25) is 9.78 Å². The number of carboxylic acid groups (broad SMARTS) is 1. The molecule has 0 radical (unpaired) electrons. The predicted molar refractivity (Wildman–Crippen MR) is 125 cm³/mol. The summed E-state index contributed by atoms with van der Waals surface area (Å²) in [6, 6.07) is 10.4. The fraction of sp³-hybridized carbons (Fsp3) is 0.370. The number of aromatic nitrogens is 1. The first-order valence-electron chi connectivity index (χ1n) is 11.9. The van der Waals surface area contributed by atoms with Gasteiger partial charge in [0.25, 0.3) is 5.91 Å². The lowest BCUT2D eigenvalue weighted by Crippen LogP contribution is -2.51. The Hall–Kier alpha value is -3.62. The summed E-state index contributed by atoms with van der Waals surface area (Å²) in [5.41, 5.74) is -0.194. The normalized spacial score (nSPS) is 21.9. The van der Waals surface area contributed by atoms with Crippen LogP contribution >= 0.6 is 0 Å². The number of aliphatic carboxylic acids is 1. The summed E-state index contributed by atoms with van der Waals surface area (Å²) in [5, 5.41) is 13.4. The summed E-state index contributed by atoms with van der Waals surface area (Å²) < 4.78 is 44.6. The van der Waals surface area contributed by atoms with E-state index in [4.69, 9.17) is 4.74 Å². The van der Waals surface area contributed by atoms with Gasteiger partial charge in [0, 0.05) is 17.0 Å². The Morgan fingerprint density at radius 3 is 2.44 bits per heavy atom. The monoisotopic (exact) mass is 498 g/mol. The van der Waals surface area contributed by atoms with Gasteiger partial charge in [-0.25, -0.2) is 4.79 Å². The number of fused-ring (bicyclic) bond motifs is 3. The molecular weight excluding hydrogens is 473 g/mol. The van der Waals surface area contributed by atoms with Gasteiger partial charge in [-0.1, -0.05) is 24.3 Å². The number of halogens is 3. The number of alkyl halides is 3. The summed E-state index contributed by atoms with van der Waals surface area (Å²) in [7, 11) is 0. The molecule has 2 N–H and O–H groups in total. The highest BCUT2D eigenvalue weighted by Crippen LogP contribution is 2.56. The van der Waals surface area contributed by atoms with Crippen molar-refractivity contribution in [2.24, 2.45) is 11.3 Å². The van der Waals surface area contributed by atoms with Gasteiger partial charge in [-0.15, -0.1) is 0 Å². The second-order valence-corrected chi connectivity index (χ2v) is 9.76. The number of carboxylic acids is 1. The van der Waals surface area contributed by atoms with Gasteiger partial charge in [-0.05, 0) is 67.9 Å². The Morgan fingerprint density at radius 1 is 1.11 bits per heavy atom. The molecule has 2 aromatic carbocycles. The molecule has 2 aliphatic carbocycles. The Bertz CT molecular complexity index is 1300. The van der Waals surface area contributed by atoms with Gasteiger partial charge < -0.3 is 15.2 Å². The lowest BCUT2D eigenvalue weighted by molar-refractivity contribution is -0.143. The number of amides is 1. The largest absolute Gasteiger partial charge is 0.486 e. The van der Waals surface area contributed by atoms with Crippen LogP contribution in [0, 0.1) is 11.3 Å². The van der Waals surface area contributed by atoms with E-state index in [9.17, 15) is 27.9 Å². The molecule has 2 bridgehead atoms. The fourth-order valence-corrected chi connectivity index (χ4v) is 5.72. The first-order chi connectivity index (χ1) is 17.2. The lowest BCUT2D eigenvalue weighted by atomic mass is 9.77. The van der Waals surface area contributed by atoms with Crippen LogP contribution in [-0.2, 0) is 17.6 Å². The molecule has 2 saturated carbocycles. The maximum absolute atomic E-state index is 13.4. The quantitative estimate of drug-likeness (QED) is 0.443. The highest BCUT2D eigenvalue weighted by atomic mass is 19.4. The Labute approximate surface area is 205 Å². The van der Waals surface area contributed by atoms with E-state index in [1.54, 1.807) is 30.5 Å². The van der Waals surface area contributed by atoms with E-state index in [1.807, 2.05) is 0 Å². The third-order valence-corrected chi connectivity index (χ3v) is 7.57. The molecule has 0 spiro atoms. The van der Waals surface area contributed by atoms with Crippen molar-refractivity contribution in [3.05, 3.63) is 71.4 Å². The van der Waals surface area contributed by atoms with Crippen LogP contribution in [0.1, 0.15) is 53.6 Å². The zero-order chi connectivity index (χ0) is 25.5. The molecule has 1 aromatic heterocycles. The van der Waals surface area contributed by atoms with Crippen LogP contribution in [0.4, 0.5) is 13.2 Å².